The van der Waals surface area contributed by atoms with Crippen LogP contribution in [0.2, 0.25) is 0 Å². The standard InChI is InChI=1S/C18H24N4O.HI/c1-2-14-6-5-8-17(10-14)22-18(19)21-12-15(13-23)11-16-7-3-4-9-20-16;/h3-10,15,23H,2,11-13H2,1H3,(H3,19,21,22);1H. The first kappa shape index (κ1) is 20.4. The van der Waals surface area contributed by atoms with Gasteiger partial charge in [0.1, 0.15) is 0 Å². The summed E-state index contributed by atoms with van der Waals surface area (Å²) in [6.45, 7) is 2.62. The minimum atomic E-state index is 0. The van der Waals surface area contributed by atoms with E-state index in [9.17, 15) is 5.11 Å². The van der Waals surface area contributed by atoms with Crippen LogP contribution < -0.4 is 11.1 Å². The van der Waals surface area contributed by atoms with Gasteiger partial charge in [-0.15, -0.1) is 24.0 Å². The molecule has 0 aliphatic carbocycles. The van der Waals surface area contributed by atoms with Gasteiger partial charge in [-0.3, -0.25) is 9.98 Å². The molecule has 4 N–H and O–H groups in total. The fraction of sp³-hybridized carbons (Fsp3) is 0.333. The Balaban J connectivity index is 0.00000288. The monoisotopic (exact) mass is 440 g/mol. The average molecular weight is 440 g/mol. The second-order valence-corrected chi connectivity index (χ2v) is 5.48. The molecule has 24 heavy (non-hydrogen) atoms. The van der Waals surface area contributed by atoms with E-state index < -0.39 is 0 Å². The van der Waals surface area contributed by atoms with Crippen molar-refractivity contribution in [1.29, 1.82) is 0 Å². The zero-order chi connectivity index (χ0) is 16.5. The molecule has 2 rings (SSSR count). The van der Waals surface area contributed by atoms with Crippen molar-refractivity contribution >= 4 is 35.6 Å². The van der Waals surface area contributed by atoms with Gasteiger partial charge < -0.3 is 16.2 Å². The van der Waals surface area contributed by atoms with Crippen LogP contribution >= 0.6 is 24.0 Å². The highest BCUT2D eigenvalue weighted by molar-refractivity contribution is 14.0. The molecule has 1 unspecified atom stereocenters. The van der Waals surface area contributed by atoms with Gasteiger partial charge in [0.05, 0.1) is 0 Å². The molecular formula is C18H25IN4O. The number of nitrogens with one attached hydrogen (secondary N) is 1. The minimum Gasteiger partial charge on any atom is -0.396 e. The Bertz CT molecular complexity index is 634. The molecule has 0 amide bonds. The van der Waals surface area contributed by atoms with Crippen molar-refractivity contribution in [3.63, 3.8) is 0 Å². The highest BCUT2D eigenvalue weighted by Crippen LogP contribution is 2.11. The summed E-state index contributed by atoms with van der Waals surface area (Å²) in [6.07, 6.45) is 3.41. The molecule has 5 nitrogen and oxygen atoms in total. The molecule has 0 saturated carbocycles. The third-order valence-electron chi connectivity index (χ3n) is 3.61. The van der Waals surface area contributed by atoms with Crippen molar-refractivity contribution in [1.82, 2.24) is 4.98 Å². The van der Waals surface area contributed by atoms with Gasteiger partial charge in [0.15, 0.2) is 5.96 Å². The number of aryl methyl sites for hydroxylation is 1. The summed E-state index contributed by atoms with van der Waals surface area (Å²) in [5, 5.41) is 12.6. The van der Waals surface area contributed by atoms with Gasteiger partial charge >= 0.3 is 0 Å². The maximum absolute atomic E-state index is 9.50. The molecule has 0 spiro atoms. The Morgan fingerprint density at radius 1 is 1.29 bits per heavy atom. The van der Waals surface area contributed by atoms with Crippen LogP contribution in [0.5, 0.6) is 0 Å². The first-order valence-corrected chi connectivity index (χ1v) is 7.88. The maximum atomic E-state index is 9.50. The molecule has 6 heteroatoms. The van der Waals surface area contributed by atoms with Crippen LogP contribution in [0.25, 0.3) is 0 Å². The highest BCUT2D eigenvalue weighted by Gasteiger charge is 2.09. The van der Waals surface area contributed by atoms with Crippen molar-refractivity contribution in [2.45, 2.75) is 19.8 Å². The highest BCUT2D eigenvalue weighted by atomic mass is 127. The van der Waals surface area contributed by atoms with Crippen molar-refractivity contribution in [3.8, 4) is 0 Å². The number of pyridine rings is 1. The van der Waals surface area contributed by atoms with Crippen LogP contribution in [0, 0.1) is 5.92 Å². The fourth-order valence-corrected chi connectivity index (χ4v) is 2.29. The summed E-state index contributed by atoms with van der Waals surface area (Å²) in [7, 11) is 0. The molecule has 0 radical (unpaired) electrons. The van der Waals surface area contributed by atoms with E-state index in [1.807, 2.05) is 30.3 Å². The number of anilines is 1. The number of aliphatic hydroxyl groups excluding tert-OH is 1. The van der Waals surface area contributed by atoms with Gasteiger partial charge in [0.2, 0.25) is 0 Å². The molecule has 0 saturated heterocycles. The van der Waals surface area contributed by atoms with E-state index in [4.69, 9.17) is 5.73 Å². The van der Waals surface area contributed by atoms with E-state index >= 15 is 0 Å². The predicted octanol–water partition coefficient (Wildman–Crippen LogP) is 2.84. The summed E-state index contributed by atoms with van der Waals surface area (Å²) in [5.41, 5.74) is 9.05. The first-order valence-electron chi connectivity index (χ1n) is 7.88. The molecule has 1 atom stereocenters. The van der Waals surface area contributed by atoms with Crippen molar-refractivity contribution in [2.75, 3.05) is 18.5 Å². The van der Waals surface area contributed by atoms with Crippen LogP contribution in [0.4, 0.5) is 5.69 Å². The lowest BCUT2D eigenvalue weighted by molar-refractivity contribution is 0.229. The second kappa shape index (κ2) is 11.0. The van der Waals surface area contributed by atoms with E-state index in [2.05, 4.69) is 34.3 Å². The molecule has 0 bridgehead atoms. The minimum absolute atomic E-state index is 0. The number of hydrogen-bond acceptors (Lipinski definition) is 3. The maximum Gasteiger partial charge on any atom is 0.193 e. The SMILES string of the molecule is CCc1cccc(NC(N)=NCC(CO)Cc2ccccn2)c1.I. The van der Waals surface area contributed by atoms with Crippen molar-refractivity contribution in [3.05, 3.63) is 59.9 Å². The number of nitrogens with zero attached hydrogens (tertiary/aromatic N) is 2. The van der Waals surface area contributed by atoms with Gasteiger partial charge in [0, 0.05) is 36.6 Å². The predicted molar refractivity (Wildman–Crippen MR) is 110 cm³/mol. The molecule has 1 aromatic heterocycles. The number of aliphatic hydroxyl groups is 1. The molecule has 1 aromatic carbocycles. The third-order valence-corrected chi connectivity index (χ3v) is 3.61. The van der Waals surface area contributed by atoms with E-state index in [-0.39, 0.29) is 36.5 Å². The number of hydrogen-bond donors (Lipinski definition) is 3. The summed E-state index contributed by atoms with van der Waals surface area (Å²) in [6, 6.07) is 13.8. The summed E-state index contributed by atoms with van der Waals surface area (Å²) in [4.78, 5) is 8.61. The Hall–Kier alpha value is -1.67. The molecule has 0 fully saturated rings. The largest absolute Gasteiger partial charge is 0.396 e. The Kier molecular flexibility index (Phi) is 9.33. The summed E-state index contributed by atoms with van der Waals surface area (Å²) < 4.78 is 0. The Labute approximate surface area is 160 Å². The van der Waals surface area contributed by atoms with Gasteiger partial charge in [-0.2, -0.15) is 0 Å². The van der Waals surface area contributed by atoms with Gasteiger partial charge in [-0.25, -0.2) is 0 Å². The lowest BCUT2D eigenvalue weighted by Gasteiger charge is -2.12. The van der Waals surface area contributed by atoms with Gasteiger partial charge in [-0.05, 0) is 42.7 Å². The van der Waals surface area contributed by atoms with Crippen molar-refractivity contribution < 1.29 is 5.11 Å². The smallest absolute Gasteiger partial charge is 0.193 e. The van der Waals surface area contributed by atoms with Crippen LogP contribution in [0.1, 0.15) is 18.2 Å². The first-order chi connectivity index (χ1) is 11.2. The fourth-order valence-electron chi connectivity index (χ4n) is 2.29. The third kappa shape index (κ3) is 6.84. The molecule has 2 aromatic rings. The number of halogens is 1. The summed E-state index contributed by atoms with van der Waals surface area (Å²) in [5.74, 6) is 0.366. The second-order valence-electron chi connectivity index (χ2n) is 5.48. The molecule has 0 aliphatic rings. The Morgan fingerprint density at radius 2 is 2.12 bits per heavy atom. The quantitative estimate of drug-likeness (QED) is 0.351. The van der Waals surface area contributed by atoms with E-state index in [0.29, 0.717) is 18.9 Å². The normalized spacial score (nSPS) is 12.3. The zero-order valence-electron chi connectivity index (χ0n) is 13.9. The average Bonchev–Trinajstić information content (AvgIpc) is 2.59. The number of rotatable bonds is 7. The van der Waals surface area contributed by atoms with E-state index in [1.165, 1.54) is 5.56 Å². The van der Waals surface area contributed by atoms with Crippen LogP contribution in [-0.2, 0) is 12.8 Å². The van der Waals surface area contributed by atoms with E-state index in [1.54, 1.807) is 6.20 Å². The van der Waals surface area contributed by atoms with Gasteiger partial charge in [-0.1, -0.05) is 25.1 Å². The van der Waals surface area contributed by atoms with Crippen LogP contribution in [0.3, 0.4) is 0 Å². The van der Waals surface area contributed by atoms with Crippen LogP contribution in [-0.4, -0.2) is 29.2 Å². The number of aliphatic imine (C=N–C) groups is 1. The van der Waals surface area contributed by atoms with E-state index in [0.717, 1.165) is 17.8 Å². The lowest BCUT2D eigenvalue weighted by Crippen LogP contribution is -2.25. The number of aromatic nitrogens is 1. The molecular weight excluding hydrogens is 415 g/mol. The molecule has 130 valence electrons. The van der Waals surface area contributed by atoms with Crippen molar-refractivity contribution in [2.24, 2.45) is 16.6 Å². The number of nitrogens with two attached hydrogens (primary N) is 1. The number of benzene rings is 1. The zero-order valence-corrected chi connectivity index (χ0v) is 16.2. The summed E-state index contributed by atoms with van der Waals surface area (Å²) >= 11 is 0. The van der Waals surface area contributed by atoms with Crippen LogP contribution in [0.15, 0.2) is 53.7 Å². The van der Waals surface area contributed by atoms with Gasteiger partial charge in [0.25, 0.3) is 0 Å². The molecule has 0 aliphatic heterocycles. The Morgan fingerprint density at radius 3 is 2.79 bits per heavy atom. The lowest BCUT2D eigenvalue weighted by atomic mass is 10.0. The molecule has 1 heterocycles. The number of guanidine groups is 1. The topological polar surface area (TPSA) is 83.5 Å².